The predicted octanol–water partition coefficient (Wildman–Crippen LogP) is 3.40. The minimum Gasteiger partial charge on any atom is -0.493 e. The molecule has 1 aromatic rings. The smallest absolute Gasteiger partial charge is 0.390 e. The zero-order valence-corrected chi connectivity index (χ0v) is 11.4. The second-order valence-corrected chi connectivity index (χ2v) is 4.26. The lowest BCUT2D eigenvalue weighted by Gasteiger charge is -2.12. The molecule has 0 aliphatic carbocycles. The van der Waals surface area contributed by atoms with Crippen molar-refractivity contribution in [3.63, 3.8) is 0 Å². The summed E-state index contributed by atoms with van der Waals surface area (Å²) in [6.07, 6.45) is -5.02. The highest BCUT2D eigenvalue weighted by molar-refractivity contribution is 6.32. The molecule has 19 heavy (non-hydrogen) atoms. The number of rotatable bonds is 6. The number of nitrogens with one attached hydrogen (secondary N) is 1. The quantitative estimate of drug-likeness (QED) is 0.816. The number of methoxy groups -OCH3 is 2. The standard InChI is InChI=1S/C12H15ClF3NO2/c1-18-10-6-8(5-9(13)11(10)19-2)7-17-4-3-12(14,15)16/h5-6,17H,3-4,7H2,1-2H3. The maximum Gasteiger partial charge on any atom is 0.390 e. The maximum atomic E-state index is 12.0. The van der Waals surface area contributed by atoms with Crippen molar-refractivity contribution in [1.29, 1.82) is 0 Å². The average molecular weight is 298 g/mol. The van der Waals surface area contributed by atoms with E-state index < -0.39 is 12.6 Å². The molecule has 0 radical (unpaired) electrons. The van der Waals surface area contributed by atoms with Crippen molar-refractivity contribution in [2.75, 3.05) is 20.8 Å². The molecule has 108 valence electrons. The Morgan fingerprint density at radius 1 is 1.21 bits per heavy atom. The van der Waals surface area contributed by atoms with Gasteiger partial charge in [-0.2, -0.15) is 13.2 Å². The highest BCUT2D eigenvalue weighted by atomic mass is 35.5. The zero-order valence-electron chi connectivity index (χ0n) is 10.6. The van der Waals surface area contributed by atoms with Crippen LogP contribution in [0.3, 0.4) is 0 Å². The van der Waals surface area contributed by atoms with Crippen LogP contribution in [0.4, 0.5) is 13.2 Å². The summed E-state index contributed by atoms with van der Waals surface area (Å²) in [4.78, 5) is 0. The fourth-order valence-corrected chi connectivity index (χ4v) is 1.85. The molecule has 3 nitrogen and oxygen atoms in total. The molecule has 0 bridgehead atoms. The third-order valence-corrected chi connectivity index (χ3v) is 2.69. The van der Waals surface area contributed by atoms with E-state index in [0.717, 1.165) is 5.56 Å². The van der Waals surface area contributed by atoms with E-state index in [1.54, 1.807) is 12.1 Å². The summed E-state index contributed by atoms with van der Waals surface area (Å²) in [7, 11) is 2.93. The summed E-state index contributed by atoms with van der Waals surface area (Å²) in [5.41, 5.74) is 0.727. The van der Waals surface area contributed by atoms with E-state index in [4.69, 9.17) is 21.1 Å². The molecule has 0 aliphatic rings. The number of hydrogen-bond acceptors (Lipinski definition) is 3. The van der Waals surface area contributed by atoms with Crippen LogP contribution >= 0.6 is 11.6 Å². The van der Waals surface area contributed by atoms with Gasteiger partial charge in [-0.25, -0.2) is 0 Å². The topological polar surface area (TPSA) is 30.5 Å². The third-order valence-electron chi connectivity index (χ3n) is 2.41. The molecule has 7 heteroatoms. The zero-order chi connectivity index (χ0) is 14.5. The minimum absolute atomic E-state index is 0.143. The second-order valence-electron chi connectivity index (χ2n) is 3.86. The van der Waals surface area contributed by atoms with Gasteiger partial charge in [-0.3, -0.25) is 0 Å². The van der Waals surface area contributed by atoms with Crippen molar-refractivity contribution in [3.05, 3.63) is 22.7 Å². The van der Waals surface area contributed by atoms with E-state index in [9.17, 15) is 13.2 Å². The van der Waals surface area contributed by atoms with Crippen molar-refractivity contribution >= 4 is 11.6 Å². The molecule has 1 rings (SSSR count). The SMILES string of the molecule is COc1cc(CNCCC(F)(F)F)cc(Cl)c1OC. The first-order valence-electron chi connectivity index (χ1n) is 5.55. The van der Waals surface area contributed by atoms with Gasteiger partial charge in [0.15, 0.2) is 11.5 Å². The molecule has 0 amide bonds. The van der Waals surface area contributed by atoms with Crippen LogP contribution in [0.15, 0.2) is 12.1 Å². The predicted molar refractivity (Wildman–Crippen MR) is 66.9 cm³/mol. The number of benzene rings is 1. The summed E-state index contributed by atoms with van der Waals surface area (Å²) in [6.45, 7) is 0.131. The Bertz CT molecular complexity index is 424. The Morgan fingerprint density at radius 3 is 2.42 bits per heavy atom. The van der Waals surface area contributed by atoms with E-state index in [-0.39, 0.29) is 13.1 Å². The van der Waals surface area contributed by atoms with Gasteiger partial charge in [0.1, 0.15) is 0 Å². The molecule has 0 aliphatic heterocycles. The van der Waals surface area contributed by atoms with Gasteiger partial charge in [0.2, 0.25) is 0 Å². The molecule has 1 aromatic carbocycles. The molecule has 0 heterocycles. The van der Waals surface area contributed by atoms with Crippen LogP contribution in [0.2, 0.25) is 5.02 Å². The second kappa shape index (κ2) is 6.86. The Morgan fingerprint density at radius 2 is 1.89 bits per heavy atom. The van der Waals surface area contributed by atoms with E-state index >= 15 is 0 Å². The van der Waals surface area contributed by atoms with Crippen molar-refractivity contribution in [2.45, 2.75) is 19.1 Å². The van der Waals surface area contributed by atoms with Crippen LogP contribution in [0.5, 0.6) is 11.5 Å². The molecular weight excluding hydrogens is 283 g/mol. The van der Waals surface area contributed by atoms with Crippen LogP contribution in [-0.2, 0) is 6.54 Å². The first-order chi connectivity index (χ1) is 8.87. The normalized spacial score (nSPS) is 11.5. The van der Waals surface area contributed by atoms with Gasteiger partial charge in [-0.05, 0) is 17.7 Å². The summed E-state index contributed by atoms with van der Waals surface area (Å²) in [6, 6.07) is 3.30. The Labute approximate surface area is 114 Å². The molecule has 0 saturated carbocycles. The maximum absolute atomic E-state index is 12.0. The lowest BCUT2D eigenvalue weighted by molar-refractivity contribution is -0.133. The van der Waals surface area contributed by atoms with E-state index in [0.29, 0.717) is 16.5 Å². The number of halogens is 4. The van der Waals surface area contributed by atoms with Crippen LogP contribution in [0, 0.1) is 0 Å². The Kier molecular flexibility index (Phi) is 5.75. The first-order valence-corrected chi connectivity index (χ1v) is 5.93. The van der Waals surface area contributed by atoms with Crippen LogP contribution in [0.1, 0.15) is 12.0 Å². The van der Waals surface area contributed by atoms with Crippen molar-refractivity contribution in [2.24, 2.45) is 0 Å². The molecule has 0 unspecified atom stereocenters. The summed E-state index contributed by atoms with van der Waals surface area (Å²) < 4.78 is 46.1. The molecule has 0 fully saturated rings. The highest BCUT2D eigenvalue weighted by Gasteiger charge is 2.25. The van der Waals surface area contributed by atoms with Gasteiger partial charge in [-0.15, -0.1) is 0 Å². The summed E-state index contributed by atoms with van der Waals surface area (Å²) >= 11 is 5.99. The molecule has 0 atom stereocenters. The van der Waals surface area contributed by atoms with Crippen LogP contribution in [0.25, 0.3) is 0 Å². The highest BCUT2D eigenvalue weighted by Crippen LogP contribution is 2.35. The lowest BCUT2D eigenvalue weighted by atomic mass is 10.2. The van der Waals surface area contributed by atoms with Gasteiger partial charge in [0.05, 0.1) is 25.7 Å². The van der Waals surface area contributed by atoms with Crippen molar-refractivity contribution < 1.29 is 22.6 Å². The molecule has 0 spiro atoms. The Hall–Kier alpha value is -1.14. The third kappa shape index (κ3) is 5.16. The van der Waals surface area contributed by atoms with Crippen LogP contribution in [-0.4, -0.2) is 26.9 Å². The van der Waals surface area contributed by atoms with Crippen LogP contribution < -0.4 is 14.8 Å². The summed E-state index contributed by atoms with van der Waals surface area (Å²) in [5, 5.41) is 3.06. The average Bonchev–Trinajstić information content (AvgIpc) is 2.32. The van der Waals surface area contributed by atoms with Gasteiger partial charge < -0.3 is 14.8 Å². The molecular formula is C12H15ClF3NO2. The van der Waals surface area contributed by atoms with Crippen molar-refractivity contribution in [3.8, 4) is 11.5 Å². The fourth-order valence-electron chi connectivity index (χ4n) is 1.54. The fraction of sp³-hybridized carbons (Fsp3) is 0.500. The van der Waals surface area contributed by atoms with Gasteiger partial charge in [0.25, 0.3) is 0 Å². The van der Waals surface area contributed by atoms with Gasteiger partial charge in [-0.1, -0.05) is 11.6 Å². The van der Waals surface area contributed by atoms with E-state index in [1.165, 1.54) is 14.2 Å². The molecule has 1 N–H and O–H groups in total. The minimum atomic E-state index is -4.15. The van der Waals surface area contributed by atoms with Gasteiger partial charge in [0, 0.05) is 13.1 Å². The van der Waals surface area contributed by atoms with Crippen molar-refractivity contribution in [1.82, 2.24) is 5.32 Å². The number of alkyl halides is 3. The van der Waals surface area contributed by atoms with E-state index in [2.05, 4.69) is 5.32 Å². The Balaban J connectivity index is 2.62. The molecule has 0 aromatic heterocycles. The molecule has 0 saturated heterocycles. The largest absolute Gasteiger partial charge is 0.493 e. The number of ether oxygens (including phenoxy) is 2. The van der Waals surface area contributed by atoms with E-state index in [1.807, 2.05) is 0 Å². The van der Waals surface area contributed by atoms with Gasteiger partial charge >= 0.3 is 6.18 Å². The monoisotopic (exact) mass is 297 g/mol. The lowest BCUT2D eigenvalue weighted by Crippen LogP contribution is -2.21. The number of hydrogen-bond donors (Lipinski definition) is 1. The summed E-state index contributed by atoms with van der Waals surface area (Å²) in [5.74, 6) is 0.853. The first kappa shape index (κ1) is 15.9.